The second kappa shape index (κ2) is 4.10. The fourth-order valence-corrected chi connectivity index (χ4v) is 3.80. The van der Waals surface area contributed by atoms with Crippen molar-refractivity contribution in [3.8, 4) is 0 Å². The molecule has 80 valence electrons. The highest BCUT2D eigenvalue weighted by atomic mass is 32.2. The third-order valence-electron chi connectivity index (χ3n) is 3.24. The third-order valence-corrected chi connectivity index (χ3v) is 4.38. The van der Waals surface area contributed by atoms with Gasteiger partial charge < -0.3 is 5.32 Å². The van der Waals surface area contributed by atoms with Crippen LogP contribution in [-0.2, 0) is 0 Å². The maximum absolute atomic E-state index is 4.27. The molecule has 1 aromatic heterocycles. The van der Waals surface area contributed by atoms with Crippen molar-refractivity contribution in [2.24, 2.45) is 0 Å². The molecule has 0 spiro atoms. The van der Waals surface area contributed by atoms with Crippen molar-refractivity contribution >= 4 is 11.8 Å². The molecule has 2 aliphatic rings. The van der Waals surface area contributed by atoms with E-state index in [1.807, 2.05) is 30.2 Å². The lowest BCUT2D eigenvalue weighted by atomic mass is 10.1. The van der Waals surface area contributed by atoms with Crippen molar-refractivity contribution in [1.82, 2.24) is 15.3 Å². The lowest BCUT2D eigenvalue weighted by Crippen LogP contribution is -2.39. The maximum atomic E-state index is 4.27. The van der Waals surface area contributed by atoms with Crippen molar-refractivity contribution in [1.29, 1.82) is 0 Å². The first-order chi connectivity index (χ1) is 7.40. The van der Waals surface area contributed by atoms with Crippen LogP contribution in [0.2, 0.25) is 0 Å². The predicted octanol–water partition coefficient (Wildman–Crippen LogP) is 1.85. The number of hydrogen-bond donors (Lipinski definition) is 1. The summed E-state index contributed by atoms with van der Waals surface area (Å²) in [7, 11) is 0. The second-order valence-corrected chi connectivity index (χ2v) is 5.65. The zero-order chi connectivity index (χ0) is 10.1. The maximum Gasteiger partial charge on any atom is 0.187 e. The van der Waals surface area contributed by atoms with Crippen LogP contribution < -0.4 is 5.32 Å². The van der Waals surface area contributed by atoms with Crippen LogP contribution >= 0.6 is 11.8 Å². The minimum atomic E-state index is 0.714. The smallest absolute Gasteiger partial charge is 0.187 e. The molecule has 0 unspecified atom stereocenters. The molecule has 2 aliphatic heterocycles. The van der Waals surface area contributed by atoms with Gasteiger partial charge in [0.05, 0.1) is 0 Å². The molecule has 0 aliphatic carbocycles. The van der Waals surface area contributed by atoms with Crippen LogP contribution in [0.15, 0.2) is 23.6 Å². The molecule has 3 heterocycles. The van der Waals surface area contributed by atoms with Gasteiger partial charge in [-0.25, -0.2) is 9.97 Å². The highest BCUT2D eigenvalue weighted by Crippen LogP contribution is 2.35. The fraction of sp³-hybridized carbons (Fsp3) is 0.636. The van der Waals surface area contributed by atoms with Gasteiger partial charge in [-0.05, 0) is 31.7 Å². The van der Waals surface area contributed by atoms with Crippen LogP contribution in [0.1, 0.15) is 25.7 Å². The van der Waals surface area contributed by atoms with E-state index in [0.29, 0.717) is 5.25 Å². The minimum Gasteiger partial charge on any atom is -0.311 e. The fourth-order valence-electron chi connectivity index (χ4n) is 2.60. The molecule has 2 fully saturated rings. The third kappa shape index (κ3) is 2.16. The number of nitrogens with zero attached hydrogens (tertiary/aromatic N) is 2. The Kier molecular flexibility index (Phi) is 2.63. The molecular formula is C11H15N3S. The van der Waals surface area contributed by atoms with E-state index < -0.39 is 0 Å². The monoisotopic (exact) mass is 221 g/mol. The Bertz CT molecular complexity index is 318. The Morgan fingerprint density at radius 3 is 2.47 bits per heavy atom. The SMILES string of the molecule is c1cnc(SC2C[C@@H]3CC[C@@H](C2)N3)nc1. The van der Waals surface area contributed by atoms with Crippen LogP contribution in [0.4, 0.5) is 0 Å². The van der Waals surface area contributed by atoms with Gasteiger partial charge in [-0.2, -0.15) is 0 Å². The molecule has 1 aromatic rings. The molecule has 0 aromatic carbocycles. The number of thioether (sulfide) groups is 1. The summed E-state index contributed by atoms with van der Waals surface area (Å²) < 4.78 is 0. The van der Waals surface area contributed by atoms with Gasteiger partial charge >= 0.3 is 0 Å². The van der Waals surface area contributed by atoms with Gasteiger partial charge in [0.1, 0.15) is 0 Å². The zero-order valence-electron chi connectivity index (χ0n) is 8.60. The van der Waals surface area contributed by atoms with E-state index in [9.17, 15) is 0 Å². The molecule has 2 saturated heterocycles. The largest absolute Gasteiger partial charge is 0.311 e. The van der Waals surface area contributed by atoms with Crippen molar-refractivity contribution < 1.29 is 0 Å². The van der Waals surface area contributed by atoms with Crippen LogP contribution in [0.5, 0.6) is 0 Å². The Labute approximate surface area is 94.1 Å². The van der Waals surface area contributed by atoms with Crippen LogP contribution in [-0.4, -0.2) is 27.3 Å². The number of fused-ring (bicyclic) bond motifs is 2. The average molecular weight is 221 g/mol. The molecule has 1 N–H and O–H groups in total. The Balaban J connectivity index is 1.65. The minimum absolute atomic E-state index is 0.714. The Hall–Kier alpha value is -0.610. The molecule has 0 amide bonds. The standard InChI is InChI=1S/C11H15N3S/c1-4-12-11(13-5-1)15-10-6-8-2-3-9(7-10)14-8/h1,4-5,8-10,14H,2-3,6-7H2/t8-,9-/m0/s1. The van der Waals surface area contributed by atoms with E-state index >= 15 is 0 Å². The van der Waals surface area contributed by atoms with E-state index in [0.717, 1.165) is 17.2 Å². The predicted molar refractivity (Wildman–Crippen MR) is 60.9 cm³/mol. The first-order valence-electron chi connectivity index (χ1n) is 5.60. The summed E-state index contributed by atoms with van der Waals surface area (Å²) in [6, 6.07) is 3.38. The van der Waals surface area contributed by atoms with Gasteiger partial charge in [0.15, 0.2) is 5.16 Å². The molecule has 0 saturated carbocycles. The van der Waals surface area contributed by atoms with Gasteiger partial charge in [-0.15, -0.1) is 0 Å². The van der Waals surface area contributed by atoms with Crippen LogP contribution in [0.25, 0.3) is 0 Å². The van der Waals surface area contributed by atoms with Crippen molar-refractivity contribution in [2.45, 2.75) is 48.2 Å². The molecule has 15 heavy (non-hydrogen) atoms. The highest BCUT2D eigenvalue weighted by Gasteiger charge is 2.34. The van der Waals surface area contributed by atoms with Crippen molar-refractivity contribution in [3.05, 3.63) is 18.5 Å². The Morgan fingerprint density at radius 2 is 1.80 bits per heavy atom. The second-order valence-electron chi connectivity index (χ2n) is 4.38. The van der Waals surface area contributed by atoms with Crippen molar-refractivity contribution in [2.75, 3.05) is 0 Å². The first kappa shape index (κ1) is 9.60. The van der Waals surface area contributed by atoms with E-state index in [4.69, 9.17) is 0 Å². The van der Waals surface area contributed by atoms with Gasteiger partial charge in [0.25, 0.3) is 0 Å². The topological polar surface area (TPSA) is 37.8 Å². The molecule has 2 bridgehead atoms. The summed E-state index contributed by atoms with van der Waals surface area (Å²) in [4.78, 5) is 8.55. The number of hydrogen-bond acceptors (Lipinski definition) is 4. The van der Waals surface area contributed by atoms with E-state index in [2.05, 4.69) is 15.3 Å². The lowest BCUT2D eigenvalue weighted by Gasteiger charge is -2.27. The molecule has 0 radical (unpaired) electrons. The van der Waals surface area contributed by atoms with Crippen LogP contribution in [0.3, 0.4) is 0 Å². The summed E-state index contributed by atoms with van der Waals surface area (Å²) in [6.07, 6.45) is 8.92. The molecule has 3 nitrogen and oxygen atoms in total. The van der Waals surface area contributed by atoms with Gasteiger partial charge in [-0.1, -0.05) is 11.8 Å². The lowest BCUT2D eigenvalue weighted by molar-refractivity contribution is 0.414. The molecule has 4 heteroatoms. The van der Waals surface area contributed by atoms with Crippen LogP contribution in [0, 0.1) is 0 Å². The number of rotatable bonds is 2. The molecular weight excluding hydrogens is 206 g/mol. The summed E-state index contributed by atoms with van der Waals surface area (Å²) in [5, 5.41) is 5.30. The Morgan fingerprint density at radius 1 is 1.13 bits per heavy atom. The van der Waals surface area contributed by atoms with Gasteiger partial charge in [0, 0.05) is 29.7 Å². The summed E-state index contributed by atoms with van der Waals surface area (Å²) in [5.41, 5.74) is 0. The van der Waals surface area contributed by atoms with E-state index in [1.165, 1.54) is 25.7 Å². The first-order valence-corrected chi connectivity index (χ1v) is 6.48. The summed E-state index contributed by atoms with van der Waals surface area (Å²) >= 11 is 1.85. The van der Waals surface area contributed by atoms with E-state index in [-0.39, 0.29) is 0 Å². The van der Waals surface area contributed by atoms with Gasteiger partial charge in [0.2, 0.25) is 0 Å². The van der Waals surface area contributed by atoms with E-state index in [1.54, 1.807) is 0 Å². The highest BCUT2D eigenvalue weighted by molar-refractivity contribution is 7.99. The zero-order valence-corrected chi connectivity index (χ0v) is 9.41. The number of aromatic nitrogens is 2. The molecule has 3 rings (SSSR count). The van der Waals surface area contributed by atoms with Crippen molar-refractivity contribution in [3.63, 3.8) is 0 Å². The summed E-state index contributed by atoms with van der Waals surface area (Å²) in [5.74, 6) is 0. The quantitative estimate of drug-likeness (QED) is 0.773. The van der Waals surface area contributed by atoms with Gasteiger partial charge in [-0.3, -0.25) is 0 Å². The molecule has 2 atom stereocenters. The summed E-state index contributed by atoms with van der Waals surface area (Å²) in [6.45, 7) is 0. The number of piperidine rings is 1. The number of nitrogens with one attached hydrogen (secondary N) is 1. The normalized spacial score (nSPS) is 34.3. The average Bonchev–Trinajstić information content (AvgIpc) is 2.60.